The molecule has 0 spiro atoms. The number of benzene rings is 6. The topological polar surface area (TPSA) is 50.2 Å². The molecule has 1 unspecified atom stereocenters. The summed E-state index contributed by atoms with van der Waals surface area (Å²) in [5.41, 5.74) is 13.4. The quantitative estimate of drug-likeness (QED) is 0.125. The van der Waals surface area contributed by atoms with Gasteiger partial charge in [0.1, 0.15) is 11.2 Å². The van der Waals surface area contributed by atoms with Crippen LogP contribution in [0.5, 0.6) is 0 Å². The second-order valence-electron chi connectivity index (χ2n) is 14.9. The number of aliphatic imine (C=N–C) groups is 3. The summed E-state index contributed by atoms with van der Waals surface area (Å²) in [6.45, 7) is 6.93. The Bertz CT molecular complexity index is 2880. The lowest BCUT2D eigenvalue weighted by Gasteiger charge is -2.29. The fourth-order valence-corrected chi connectivity index (χ4v) is 8.79. The van der Waals surface area contributed by atoms with Gasteiger partial charge in [0.25, 0.3) is 0 Å². The minimum absolute atomic E-state index is 0.00159. The third-order valence-electron chi connectivity index (χ3n) is 11.6. The van der Waals surface area contributed by atoms with E-state index in [1.807, 2.05) is 18.2 Å². The molecule has 0 bridgehead atoms. The highest BCUT2D eigenvalue weighted by atomic mass is 16.3. The molecule has 0 saturated carbocycles. The van der Waals surface area contributed by atoms with E-state index in [4.69, 9.17) is 14.4 Å². The van der Waals surface area contributed by atoms with Crippen LogP contribution in [0.25, 0.3) is 60.5 Å². The standard InChI is InChI=1S/C51H39N3O/c1-51-30-10-9-19-43(51)40-28-27-38(39-17-11-20-44(51)47(39)40)37-26-29-45-42(31-37)48-41(18-12-21-46(48)55-45)50(52-2)54-49(53-32-33-13-5-3-6-14-33)36-24-22-35(23-25-36)34-15-7-4-8-16-34/h4-5,7-29,31H,2-3,6,30,32H2,1H3/b53-49-,54-50-. The van der Waals surface area contributed by atoms with Crippen LogP contribution in [0.3, 0.4) is 0 Å². The highest BCUT2D eigenvalue weighted by molar-refractivity contribution is 6.22. The monoisotopic (exact) mass is 709 g/mol. The van der Waals surface area contributed by atoms with Gasteiger partial charge in [0.05, 0.1) is 6.54 Å². The summed E-state index contributed by atoms with van der Waals surface area (Å²) in [6.07, 6.45) is 16.5. The summed E-state index contributed by atoms with van der Waals surface area (Å²) >= 11 is 0. The smallest absolute Gasteiger partial charge is 0.161 e. The third kappa shape index (κ3) is 5.56. The Morgan fingerprint density at radius 1 is 0.709 bits per heavy atom. The van der Waals surface area contributed by atoms with E-state index in [1.54, 1.807) is 0 Å². The number of hydrogen-bond acceptors (Lipinski definition) is 2. The number of nitrogens with zero attached hydrogens (tertiary/aromatic N) is 3. The first-order valence-electron chi connectivity index (χ1n) is 19.1. The first-order valence-corrected chi connectivity index (χ1v) is 19.1. The molecule has 1 aromatic heterocycles. The lowest BCUT2D eigenvalue weighted by atomic mass is 9.74. The van der Waals surface area contributed by atoms with Crippen molar-refractivity contribution in [2.75, 3.05) is 6.54 Å². The number of allylic oxidation sites excluding steroid dienone is 6. The van der Waals surface area contributed by atoms with Crippen molar-refractivity contribution in [2.24, 2.45) is 15.0 Å². The Morgan fingerprint density at radius 3 is 2.36 bits per heavy atom. The zero-order valence-electron chi connectivity index (χ0n) is 30.8. The number of hydrogen-bond donors (Lipinski definition) is 0. The maximum Gasteiger partial charge on any atom is 0.161 e. The first kappa shape index (κ1) is 33.0. The van der Waals surface area contributed by atoms with Crippen LogP contribution in [0.15, 0.2) is 183 Å². The van der Waals surface area contributed by atoms with Crippen LogP contribution in [0.1, 0.15) is 48.4 Å². The van der Waals surface area contributed by atoms with Gasteiger partial charge in [-0.1, -0.05) is 147 Å². The summed E-state index contributed by atoms with van der Waals surface area (Å²) < 4.78 is 6.49. The van der Waals surface area contributed by atoms with Gasteiger partial charge in [0, 0.05) is 27.3 Å². The molecule has 3 aliphatic carbocycles. The Kier molecular flexibility index (Phi) is 7.99. The predicted octanol–water partition coefficient (Wildman–Crippen LogP) is 12.9. The van der Waals surface area contributed by atoms with Crippen molar-refractivity contribution in [1.82, 2.24) is 0 Å². The largest absolute Gasteiger partial charge is 0.456 e. The van der Waals surface area contributed by atoms with Crippen LogP contribution in [-0.4, -0.2) is 24.9 Å². The van der Waals surface area contributed by atoms with Crippen molar-refractivity contribution in [3.05, 3.63) is 186 Å². The molecule has 0 fully saturated rings. The lowest BCUT2D eigenvalue weighted by molar-refractivity contribution is 0.637. The van der Waals surface area contributed by atoms with E-state index in [-0.39, 0.29) is 5.41 Å². The minimum atomic E-state index is -0.00159. The highest BCUT2D eigenvalue weighted by Gasteiger charge is 2.40. The van der Waals surface area contributed by atoms with E-state index >= 15 is 0 Å². The lowest BCUT2D eigenvalue weighted by Crippen LogP contribution is -2.20. The first-order chi connectivity index (χ1) is 27.1. The van der Waals surface area contributed by atoms with Crippen LogP contribution >= 0.6 is 0 Å². The van der Waals surface area contributed by atoms with E-state index < -0.39 is 0 Å². The molecule has 55 heavy (non-hydrogen) atoms. The van der Waals surface area contributed by atoms with E-state index in [1.165, 1.54) is 44.2 Å². The Balaban J connectivity index is 1.10. The van der Waals surface area contributed by atoms with Crippen LogP contribution in [0.4, 0.5) is 0 Å². The van der Waals surface area contributed by atoms with Crippen molar-refractivity contribution < 1.29 is 4.42 Å². The Labute approximate surface area is 321 Å². The van der Waals surface area contributed by atoms with Crippen molar-refractivity contribution in [3.8, 4) is 22.3 Å². The van der Waals surface area contributed by atoms with Crippen LogP contribution < -0.4 is 0 Å². The summed E-state index contributed by atoms with van der Waals surface area (Å²) in [5, 5.41) is 4.61. The van der Waals surface area contributed by atoms with Crippen molar-refractivity contribution in [2.45, 2.75) is 31.6 Å². The number of amidine groups is 2. The molecule has 3 aliphatic rings. The summed E-state index contributed by atoms with van der Waals surface area (Å²) in [5.74, 6) is 1.11. The van der Waals surface area contributed by atoms with Crippen LogP contribution in [0.2, 0.25) is 0 Å². The van der Waals surface area contributed by atoms with Gasteiger partial charge < -0.3 is 4.42 Å². The van der Waals surface area contributed by atoms with Crippen LogP contribution in [0, 0.1) is 0 Å². The van der Waals surface area contributed by atoms with E-state index in [0.717, 1.165) is 63.5 Å². The Hall–Kier alpha value is -6.65. The molecule has 10 rings (SSSR count). The molecule has 6 aromatic carbocycles. The number of furan rings is 1. The molecule has 264 valence electrons. The highest BCUT2D eigenvalue weighted by Crippen LogP contribution is 2.54. The molecular weight excluding hydrogens is 671 g/mol. The average Bonchev–Trinajstić information content (AvgIpc) is 3.75. The maximum atomic E-state index is 6.49. The fourth-order valence-electron chi connectivity index (χ4n) is 8.79. The molecule has 0 N–H and O–H groups in total. The number of fused-ring (bicyclic) bond motifs is 6. The van der Waals surface area contributed by atoms with Gasteiger partial charge in [-0.05, 0) is 99.5 Å². The summed E-state index contributed by atoms with van der Waals surface area (Å²) in [6, 6.07) is 42.9. The SMILES string of the molecule is C=N/C(=N\C(=N/CC1=CCCC=C1)c1ccc(-c2ccccc2)cc1)c1cccc2oc3ccc(-c4ccc5c6c(cccc46)C4(C)CC=CC=C54)cc3c12. The van der Waals surface area contributed by atoms with Gasteiger partial charge in [-0.25, -0.2) is 9.98 Å². The molecule has 4 nitrogen and oxygen atoms in total. The molecule has 4 heteroatoms. The van der Waals surface area contributed by atoms with E-state index in [9.17, 15) is 0 Å². The van der Waals surface area contributed by atoms with Gasteiger partial charge >= 0.3 is 0 Å². The molecule has 1 heterocycles. The molecule has 0 radical (unpaired) electrons. The molecule has 1 atom stereocenters. The van der Waals surface area contributed by atoms with Crippen molar-refractivity contribution in [1.29, 1.82) is 0 Å². The van der Waals surface area contributed by atoms with Gasteiger partial charge in [-0.2, -0.15) is 0 Å². The number of rotatable bonds is 6. The predicted molar refractivity (Wildman–Crippen MR) is 232 cm³/mol. The van der Waals surface area contributed by atoms with Gasteiger partial charge in [-0.15, -0.1) is 0 Å². The normalized spacial score (nSPS) is 17.8. The molecular formula is C51H39N3O. The Morgan fingerprint density at radius 2 is 1.53 bits per heavy atom. The molecule has 7 aromatic rings. The fraction of sp³-hybridized carbons (Fsp3) is 0.118. The zero-order chi connectivity index (χ0) is 36.9. The van der Waals surface area contributed by atoms with E-state index in [2.05, 4.69) is 158 Å². The van der Waals surface area contributed by atoms with Gasteiger partial charge in [0.15, 0.2) is 11.7 Å². The van der Waals surface area contributed by atoms with Gasteiger partial charge in [0.2, 0.25) is 0 Å². The summed E-state index contributed by atoms with van der Waals surface area (Å²) in [4.78, 5) is 14.8. The van der Waals surface area contributed by atoms with Crippen molar-refractivity contribution >= 4 is 56.7 Å². The van der Waals surface area contributed by atoms with Gasteiger partial charge in [-0.3, -0.25) is 4.99 Å². The molecule has 0 amide bonds. The average molecular weight is 710 g/mol. The second kappa shape index (κ2) is 13.3. The summed E-state index contributed by atoms with van der Waals surface area (Å²) in [7, 11) is 0. The second-order valence-corrected chi connectivity index (χ2v) is 14.9. The van der Waals surface area contributed by atoms with Crippen molar-refractivity contribution in [3.63, 3.8) is 0 Å². The van der Waals surface area contributed by atoms with Crippen LogP contribution in [-0.2, 0) is 5.41 Å². The van der Waals surface area contributed by atoms with E-state index in [0.29, 0.717) is 18.2 Å². The minimum Gasteiger partial charge on any atom is -0.456 e. The maximum absolute atomic E-state index is 6.49. The zero-order valence-corrected chi connectivity index (χ0v) is 30.8. The molecule has 0 saturated heterocycles. The third-order valence-corrected chi connectivity index (χ3v) is 11.6. The molecule has 0 aliphatic heterocycles.